The minimum Gasteiger partial charge on any atom is -0.345 e. The lowest BCUT2D eigenvalue weighted by molar-refractivity contribution is 0.0935. The Morgan fingerprint density at radius 1 is 1.00 bits per heavy atom. The predicted octanol–water partition coefficient (Wildman–Crippen LogP) is 5.12. The van der Waals surface area contributed by atoms with Gasteiger partial charge in [-0.2, -0.15) is 0 Å². The fourth-order valence-corrected chi connectivity index (χ4v) is 4.52. The van der Waals surface area contributed by atoms with Crippen molar-refractivity contribution in [3.63, 3.8) is 0 Å². The first kappa shape index (κ1) is 22.5. The zero-order chi connectivity index (χ0) is 22.6. The van der Waals surface area contributed by atoms with Gasteiger partial charge in [0.2, 0.25) is 0 Å². The van der Waals surface area contributed by atoms with Gasteiger partial charge in [-0.1, -0.05) is 48.9 Å². The Balaban J connectivity index is 1.83. The van der Waals surface area contributed by atoms with E-state index in [2.05, 4.69) is 16.1 Å². The summed E-state index contributed by atoms with van der Waals surface area (Å²) in [6.07, 6.45) is 0.683. The van der Waals surface area contributed by atoms with Crippen molar-refractivity contribution < 1.29 is 17.6 Å². The fraction of sp³-hybridized carbons (Fsp3) is 0.208. The van der Waals surface area contributed by atoms with Gasteiger partial charge in [0.15, 0.2) is 0 Å². The number of rotatable bonds is 7. The second-order valence-electron chi connectivity index (χ2n) is 7.41. The van der Waals surface area contributed by atoms with Crippen molar-refractivity contribution in [1.29, 1.82) is 0 Å². The first-order valence-electron chi connectivity index (χ1n) is 9.96. The van der Waals surface area contributed by atoms with Crippen molar-refractivity contribution in [2.45, 2.75) is 38.1 Å². The average molecular weight is 441 g/mol. The van der Waals surface area contributed by atoms with Gasteiger partial charge < -0.3 is 5.32 Å². The predicted molar refractivity (Wildman–Crippen MR) is 120 cm³/mol. The van der Waals surface area contributed by atoms with Crippen LogP contribution in [0.25, 0.3) is 0 Å². The summed E-state index contributed by atoms with van der Waals surface area (Å²) in [6.45, 7) is 5.99. The number of anilines is 1. The lowest BCUT2D eigenvalue weighted by Gasteiger charge is -2.20. The molecule has 1 amide bonds. The van der Waals surface area contributed by atoms with Crippen molar-refractivity contribution in [3.8, 4) is 0 Å². The van der Waals surface area contributed by atoms with Crippen molar-refractivity contribution in [2.24, 2.45) is 0 Å². The number of para-hydroxylation sites is 1. The first-order valence-corrected chi connectivity index (χ1v) is 11.4. The molecule has 0 aromatic heterocycles. The van der Waals surface area contributed by atoms with Crippen LogP contribution in [0, 0.1) is 19.7 Å². The fourth-order valence-electron chi connectivity index (χ4n) is 3.41. The van der Waals surface area contributed by atoms with Gasteiger partial charge >= 0.3 is 0 Å². The van der Waals surface area contributed by atoms with Crippen LogP contribution in [-0.2, 0) is 10.0 Å². The Kier molecular flexibility index (Phi) is 6.75. The second-order valence-corrected chi connectivity index (χ2v) is 9.09. The van der Waals surface area contributed by atoms with E-state index in [0.29, 0.717) is 6.42 Å². The molecule has 0 saturated heterocycles. The summed E-state index contributed by atoms with van der Waals surface area (Å²) in [5, 5.41) is 2.98. The molecule has 3 rings (SSSR count). The van der Waals surface area contributed by atoms with E-state index in [9.17, 15) is 17.6 Å². The van der Waals surface area contributed by atoms with E-state index in [-0.39, 0.29) is 28.1 Å². The maximum Gasteiger partial charge on any atom is 0.262 e. The molecule has 0 saturated carbocycles. The van der Waals surface area contributed by atoms with Gasteiger partial charge in [0.05, 0.1) is 16.6 Å². The number of aryl methyl sites for hydroxylation is 2. The number of amides is 1. The third-order valence-electron chi connectivity index (χ3n) is 5.04. The zero-order valence-corrected chi connectivity index (χ0v) is 18.5. The maximum atomic E-state index is 13.9. The maximum absolute atomic E-state index is 13.9. The Morgan fingerprint density at radius 3 is 2.42 bits per heavy atom. The summed E-state index contributed by atoms with van der Waals surface area (Å²) in [4.78, 5) is 12.7. The minimum absolute atomic E-state index is 0.122. The van der Waals surface area contributed by atoms with Crippen molar-refractivity contribution in [2.75, 3.05) is 4.72 Å². The van der Waals surface area contributed by atoms with Crippen LogP contribution in [0.1, 0.15) is 46.4 Å². The number of hydrogen-bond donors (Lipinski definition) is 2. The topological polar surface area (TPSA) is 75.3 Å². The quantitative estimate of drug-likeness (QED) is 0.535. The smallest absolute Gasteiger partial charge is 0.262 e. The number of carbonyl (C=O) groups is 1. The molecule has 31 heavy (non-hydrogen) atoms. The zero-order valence-electron chi connectivity index (χ0n) is 17.6. The standard InChI is InChI=1S/C24H25FN2O3S/c1-4-22(20-13-12-16(2)14-17(20)3)26-24(28)18-8-7-9-19(15-18)31(29,30)27-23-11-6-5-10-21(23)25/h5-15,22,27H,4H2,1-3H3,(H,26,28)/t22-/m1/s1. The number of sulfonamides is 1. The molecule has 0 bridgehead atoms. The van der Waals surface area contributed by atoms with Gasteiger partial charge in [0, 0.05) is 5.56 Å². The van der Waals surface area contributed by atoms with Crippen LogP contribution >= 0.6 is 0 Å². The molecule has 0 aliphatic carbocycles. The van der Waals surface area contributed by atoms with E-state index < -0.39 is 15.8 Å². The summed E-state index contributed by atoms with van der Waals surface area (Å²) in [5.74, 6) is -1.06. The molecule has 0 heterocycles. The Hall–Kier alpha value is -3.19. The molecule has 162 valence electrons. The first-order chi connectivity index (χ1) is 14.7. The van der Waals surface area contributed by atoms with E-state index in [1.807, 2.05) is 32.9 Å². The lowest BCUT2D eigenvalue weighted by atomic mass is 9.97. The molecule has 0 aliphatic heterocycles. The third-order valence-corrected chi connectivity index (χ3v) is 6.40. The van der Waals surface area contributed by atoms with Crippen molar-refractivity contribution in [3.05, 3.63) is 94.8 Å². The van der Waals surface area contributed by atoms with Crippen LogP contribution in [0.5, 0.6) is 0 Å². The number of hydrogen-bond acceptors (Lipinski definition) is 3. The van der Waals surface area contributed by atoms with Gasteiger partial charge in [-0.05, 0) is 61.7 Å². The lowest BCUT2D eigenvalue weighted by Crippen LogP contribution is -2.29. The molecule has 3 aromatic rings. The number of nitrogens with one attached hydrogen (secondary N) is 2. The molecule has 5 nitrogen and oxygen atoms in total. The highest BCUT2D eigenvalue weighted by molar-refractivity contribution is 7.92. The highest BCUT2D eigenvalue weighted by Crippen LogP contribution is 2.23. The molecular formula is C24H25FN2O3S. The summed E-state index contributed by atoms with van der Waals surface area (Å²) in [6, 6.07) is 17.0. The Labute approximate surface area is 182 Å². The molecule has 0 fully saturated rings. The van der Waals surface area contributed by atoms with Crippen LogP contribution in [-0.4, -0.2) is 14.3 Å². The van der Waals surface area contributed by atoms with Crippen LogP contribution < -0.4 is 10.0 Å². The highest BCUT2D eigenvalue weighted by atomic mass is 32.2. The average Bonchev–Trinajstić information content (AvgIpc) is 2.74. The van der Waals surface area contributed by atoms with E-state index in [0.717, 1.165) is 16.7 Å². The number of halogens is 1. The van der Waals surface area contributed by atoms with Crippen LogP contribution in [0.15, 0.2) is 71.6 Å². The normalized spacial score (nSPS) is 12.3. The number of benzene rings is 3. The Morgan fingerprint density at radius 2 is 1.74 bits per heavy atom. The van der Waals surface area contributed by atoms with Gasteiger partial charge in [0.1, 0.15) is 5.82 Å². The molecular weight excluding hydrogens is 415 g/mol. The summed E-state index contributed by atoms with van der Waals surface area (Å²) < 4.78 is 41.5. The molecule has 2 N–H and O–H groups in total. The monoisotopic (exact) mass is 440 g/mol. The molecule has 0 aliphatic rings. The largest absolute Gasteiger partial charge is 0.345 e. The highest BCUT2D eigenvalue weighted by Gasteiger charge is 2.20. The molecule has 0 spiro atoms. The molecule has 1 atom stereocenters. The van der Waals surface area contributed by atoms with E-state index in [4.69, 9.17) is 0 Å². The SMILES string of the molecule is CC[C@@H](NC(=O)c1cccc(S(=O)(=O)Nc2ccccc2F)c1)c1ccc(C)cc1C. The number of carbonyl (C=O) groups excluding carboxylic acids is 1. The summed E-state index contributed by atoms with van der Waals surface area (Å²) >= 11 is 0. The molecule has 0 radical (unpaired) electrons. The van der Waals surface area contributed by atoms with Gasteiger partial charge in [-0.3, -0.25) is 9.52 Å². The van der Waals surface area contributed by atoms with Gasteiger partial charge in [0.25, 0.3) is 15.9 Å². The molecule has 7 heteroatoms. The van der Waals surface area contributed by atoms with E-state index in [1.54, 1.807) is 6.07 Å². The second kappa shape index (κ2) is 9.31. The van der Waals surface area contributed by atoms with Crippen LogP contribution in [0.4, 0.5) is 10.1 Å². The van der Waals surface area contributed by atoms with Crippen LogP contribution in [0.2, 0.25) is 0 Å². The van der Waals surface area contributed by atoms with Crippen molar-refractivity contribution >= 4 is 21.6 Å². The van der Waals surface area contributed by atoms with E-state index >= 15 is 0 Å². The van der Waals surface area contributed by atoms with E-state index in [1.165, 1.54) is 42.5 Å². The molecule has 3 aromatic carbocycles. The minimum atomic E-state index is -4.06. The third kappa shape index (κ3) is 5.30. The Bertz CT molecular complexity index is 1210. The van der Waals surface area contributed by atoms with Gasteiger partial charge in [-0.15, -0.1) is 0 Å². The van der Waals surface area contributed by atoms with Crippen LogP contribution in [0.3, 0.4) is 0 Å². The van der Waals surface area contributed by atoms with Gasteiger partial charge in [-0.25, -0.2) is 12.8 Å². The van der Waals surface area contributed by atoms with Crippen molar-refractivity contribution in [1.82, 2.24) is 5.32 Å². The summed E-state index contributed by atoms with van der Waals surface area (Å²) in [5.41, 5.74) is 3.30. The summed E-state index contributed by atoms with van der Waals surface area (Å²) in [7, 11) is -4.06. The molecule has 0 unspecified atom stereocenters.